The molecule has 0 bridgehead atoms. The SMILES string of the molecule is c1ccc(-c2ccc(N(c3ccc(-c4ccccc4)cc3)c3ccc(N(c4ccc5ccccc5c4)c4ccc5ccccc5c4)cc3)cc2)cc1. The van der Waals surface area contributed by atoms with E-state index in [-0.39, 0.29) is 0 Å². The van der Waals surface area contributed by atoms with E-state index in [1.807, 2.05) is 0 Å². The number of anilines is 6. The predicted molar refractivity (Wildman–Crippen MR) is 222 cm³/mol. The minimum Gasteiger partial charge on any atom is -0.311 e. The van der Waals surface area contributed by atoms with Gasteiger partial charge in [0.1, 0.15) is 0 Å². The molecule has 0 unspecified atom stereocenters. The Balaban J connectivity index is 1.13. The Labute approximate surface area is 305 Å². The summed E-state index contributed by atoms with van der Waals surface area (Å²) in [5, 5.41) is 4.89. The maximum Gasteiger partial charge on any atom is 0.0468 e. The van der Waals surface area contributed by atoms with Gasteiger partial charge in [0.25, 0.3) is 0 Å². The molecule has 0 aromatic heterocycles. The van der Waals surface area contributed by atoms with Crippen LogP contribution in [-0.2, 0) is 0 Å². The van der Waals surface area contributed by atoms with E-state index >= 15 is 0 Å². The van der Waals surface area contributed by atoms with Crippen LogP contribution < -0.4 is 9.80 Å². The summed E-state index contributed by atoms with van der Waals surface area (Å²) in [5.74, 6) is 0. The van der Waals surface area contributed by atoms with Crippen molar-refractivity contribution in [2.75, 3.05) is 9.80 Å². The van der Waals surface area contributed by atoms with Gasteiger partial charge in [-0.25, -0.2) is 0 Å². The average Bonchev–Trinajstić information content (AvgIpc) is 3.23. The molecule has 0 aliphatic carbocycles. The highest BCUT2D eigenvalue weighted by molar-refractivity contribution is 5.93. The summed E-state index contributed by atoms with van der Waals surface area (Å²) in [7, 11) is 0. The van der Waals surface area contributed by atoms with Gasteiger partial charge < -0.3 is 9.80 Å². The molecule has 0 radical (unpaired) electrons. The van der Waals surface area contributed by atoms with Crippen LogP contribution in [0.25, 0.3) is 43.8 Å². The summed E-state index contributed by atoms with van der Waals surface area (Å²) in [5.41, 5.74) is 11.4. The second-order valence-electron chi connectivity index (χ2n) is 13.1. The molecule has 0 aliphatic heterocycles. The van der Waals surface area contributed by atoms with E-state index < -0.39 is 0 Å². The van der Waals surface area contributed by atoms with E-state index in [4.69, 9.17) is 0 Å². The van der Waals surface area contributed by atoms with Crippen molar-refractivity contribution in [3.05, 3.63) is 218 Å². The first kappa shape index (κ1) is 31.1. The Morgan fingerprint density at radius 1 is 0.192 bits per heavy atom. The highest BCUT2D eigenvalue weighted by atomic mass is 15.2. The number of fused-ring (bicyclic) bond motifs is 2. The second kappa shape index (κ2) is 13.8. The molecule has 0 atom stereocenters. The summed E-state index contributed by atoms with van der Waals surface area (Å²) in [6.45, 7) is 0. The molecule has 0 heterocycles. The van der Waals surface area contributed by atoms with Crippen molar-refractivity contribution in [2.24, 2.45) is 0 Å². The van der Waals surface area contributed by atoms with Gasteiger partial charge in [0, 0.05) is 34.1 Å². The molecule has 2 heteroatoms. The van der Waals surface area contributed by atoms with Gasteiger partial charge in [-0.2, -0.15) is 0 Å². The van der Waals surface area contributed by atoms with Crippen LogP contribution in [0.1, 0.15) is 0 Å². The first-order chi connectivity index (χ1) is 25.8. The molecule has 0 aliphatic rings. The Bertz CT molecular complexity index is 2430. The third kappa shape index (κ3) is 6.19. The third-order valence-electron chi connectivity index (χ3n) is 9.81. The maximum atomic E-state index is 2.36. The molecule has 246 valence electrons. The molecule has 0 N–H and O–H groups in total. The standard InChI is InChI=1S/C50H36N2/c1-3-11-37(12-4-1)41-19-25-45(26-20-41)51(46-27-21-42(22-28-46)38-13-5-2-6-14-38)47-31-33-48(34-32-47)52(49-29-23-39-15-7-9-17-43(39)35-49)50-30-24-40-16-8-10-18-44(40)36-50/h1-36H. The normalized spacial score (nSPS) is 11.1. The molecule has 0 saturated heterocycles. The first-order valence-corrected chi connectivity index (χ1v) is 17.8. The van der Waals surface area contributed by atoms with Crippen molar-refractivity contribution >= 4 is 55.7 Å². The number of hydrogen-bond acceptors (Lipinski definition) is 2. The molecule has 0 saturated carbocycles. The second-order valence-corrected chi connectivity index (χ2v) is 13.1. The fraction of sp³-hybridized carbons (Fsp3) is 0. The fourth-order valence-corrected chi connectivity index (χ4v) is 7.14. The summed E-state index contributed by atoms with van der Waals surface area (Å²) in [4.78, 5) is 4.69. The van der Waals surface area contributed by atoms with Gasteiger partial charge in [0.15, 0.2) is 0 Å². The summed E-state index contributed by atoms with van der Waals surface area (Å²) in [6.07, 6.45) is 0. The van der Waals surface area contributed by atoms with E-state index in [0.717, 1.165) is 34.1 Å². The summed E-state index contributed by atoms with van der Waals surface area (Å²) in [6, 6.07) is 78.3. The van der Waals surface area contributed by atoms with Gasteiger partial charge in [-0.3, -0.25) is 0 Å². The highest BCUT2D eigenvalue weighted by Crippen LogP contribution is 2.41. The number of hydrogen-bond donors (Lipinski definition) is 0. The van der Waals surface area contributed by atoms with E-state index in [1.54, 1.807) is 0 Å². The van der Waals surface area contributed by atoms with Crippen LogP contribution >= 0.6 is 0 Å². The van der Waals surface area contributed by atoms with Crippen LogP contribution in [0, 0.1) is 0 Å². The maximum absolute atomic E-state index is 2.36. The van der Waals surface area contributed by atoms with Crippen molar-refractivity contribution in [2.45, 2.75) is 0 Å². The van der Waals surface area contributed by atoms with Crippen LogP contribution in [0.2, 0.25) is 0 Å². The zero-order valence-electron chi connectivity index (χ0n) is 28.7. The lowest BCUT2D eigenvalue weighted by Crippen LogP contribution is -2.12. The average molecular weight is 665 g/mol. The third-order valence-corrected chi connectivity index (χ3v) is 9.81. The fourth-order valence-electron chi connectivity index (χ4n) is 7.14. The first-order valence-electron chi connectivity index (χ1n) is 17.8. The molecule has 9 aromatic rings. The van der Waals surface area contributed by atoms with E-state index in [0.29, 0.717) is 0 Å². The molecular formula is C50H36N2. The Kier molecular flexibility index (Phi) is 8.24. The lowest BCUT2D eigenvalue weighted by atomic mass is 10.0. The lowest BCUT2D eigenvalue weighted by Gasteiger charge is -2.29. The van der Waals surface area contributed by atoms with Crippen molar-refractivity contribution in [1.82, 2.24) is 0 Å². The molecule has 2 nitrogen and oxygen atoms in total. The quantitative estimate of drug-likeness (QED) is 0.159. The van der Waals surface area contributed by atoms with E-state index in [2.05, 4.69) is 228 Å². The molecule has 9 aromatic carbocycles. The molecule has 0 amide bonds. The van der Waals surface area contributed by atoms with Gasteiger partial charge in [-0.05, 0) is 117 Å². The lowest BCUT2D eigenvalue weighted by molar-refractivity contribution is 1.26. The van der Waals surface area contributed by atoms with Crippen molar-refractivity contribution in [3.63, 3.8) is 0 Å². The van der Waals surface area contributed by atoms with Gasteiger partial charge in [-0.1, -0.05) is 146 Å². The highest BCUT2D eigenvalue weighted by Gasteiger charge is 2.17. The Hall–Kier alpha value is -6.90. The smallest absolute Gasteiger partial charge is 0.0468 e. The van der Waals surface area contributed by atoms with Crippen molar-refractivity contribution in [1.29, 1.82) is 0 Å². The molecule has 0 fully saturated rings. The van der Waals surface area contributed by atoms with Crippen LogP contribution in [0.4, 0.5) is 34.1 Å². The minimum atomic E-state index is 1.08. The number of benzene rings is 9. The summed E-state index contributed by atoms with van der Waals surface area (Å²) >= 11 is 0. The Morgan fingerprint density at radius 2 is 0.462 bits per heavy atom. The van der Waals surface area contributed by atoms with Gasteiger partial charge in [0.2, 0.25) is 0 Å². The van der Waals surface area contributed by atoms with Crippen LogP contribution in [-0.4, -0.2) is 0 Å². The largest absolute Gasteiger partial charge is 0.311 e. The van der Waals surface area contributed by atoms with Crippen LogP contribution in [0.3, 0.4) is 0 Å². The topological polar surface area (TPSA) is 6.48 Å². The van der Waals surface area contributed by atoms with Gasteiger partial charge in [0.05, 0.1) is 0 Å². The monoisotopic (exact) mass is 664 g/mol. The van der Waals surface area contributed by atoms with E-state index in [1.165, 1.54) is 43.8 Å². The van der Waals surface area contributed by atoms with Gasteiger partial charge >= 0.3 is 0 Å². The van der Waals surface area contributed by atoms with Crippen LogP contribution in [0.5, 0.6) is 0 Å². The molecule has 9 rings (SSSR count). The minimum absolute atomic E-state index is 1.08. The zero-order valence-corrected chi connectivity index (χ0v) is 28.7. The van der Waals surface area contributed by atoms with E-state index in [9.17, 15) is 0 Å². The molecular weight excluding hydrogens is 629 g/mol. The van der Waals surface area contributed by atoms with Gasteiger partial charge in [-0.15, -0.1) is 0 Å². The molecule has 52 heavy (non-hydrogen) atoms. The van der Waals surface area contributed by atoms with Crippen molar-refractivity contribution < 1.29 is 0 Å². The predicted octanol–water partition coefficient (Wildman–Crippen LogP) is 14.3. The zero-order chi connectivity index (χ0) is 34.7. The Morgan fingerprint density at radius 3 is 0.846 bits per heavy atom. The summed E-state index contributed by atoms with van der Waals surface area (Å²) < 4.78 is 0. The van der Waals surface area contributed by atoms with Crippen molar-refractivity contribution in [3.8, 4) is 22.3 Å². The molecule has 0 spiro atoms. The van der Waals surface area contributed by atoms with Crippen LogP contribution in [0.15, 0.2) is 218 Å². The number of rotatable bonds is 8. The number of nitrogens with zero attached hydrogens (tertiary/aromatic N) is 2.